The quantitative estimate of drug-likeness (QED) is 0.851. The Bertz CT molecular complexity index is 610. The molecule has 0 bridgehead atoms. The Morgan fingerprint density at radius 1 is 1.39 bits per heavy atom. The van der Waals surface area contributed by atoms with Crippen molar-refractivity contribution in [2.75, 3.05) is 5.32 Å². The third kappa shape index (κ3) is 2.46. The number of halogens is 2. The van der Waals surface area contributed by atoms with E-state index in [-0.39, 0.29) is 16.2 Å². The van der Waals surface area contributed by atoms with Gasteiger partial charge in [0.1, 0.15) is 4.99 Å². The average Bonchev–Trinajstić information content (AvgIpc) is 2.70. The van der Waals surface area contributed by atoms with Gasteiger partial charge >= 0.3 is 0 Å². The van der Waals surface area contributed by atoms with E-state index in [0.29, 0.717) is 5.13 Å². The van der Waals surface area contributed by atoms with Crippen LogP contribution in [0.2, 0.25) is 0 Å². The first-order chi connectivity index (χ1) is 8.49. The highest BCUT2D eigenvalue weighted by Crippen LogP contribution is 2.26. The Hall–Kier alpha value is -1.60. The fourth-order valence-corrected chi connectivity index (χ4v) is 2.20. The van der Waals surface area contributed by atoms with Crippen molar-refractivity contribution in [2.24, 2.45) is 5.73 Å². The molecule has 0 amide bonds. The lowest BCUT2D eigenvalue weighted by atomic mass is 10.2. The van der Waals surface area contributed by atoms with Gasteiger partial charge in [-0.2, -0.15) is 0 Å². The summed E-state index contributed by atoms with van der Waals surface area (Å²) in [6.07, 6.45) is 1.64. The zero-order valence-electron chi connectivity index (χ0n) is 9.33. The standard InChI is InChI=1S/C11H9F2N3S2/c1-5-4-15-11(18-5)16-7-3-2-6(10(14)17)8(12)9(7)13/h2-4H,1H3,(H2,14,17)(H,15,16). The van der Waals surface area contributed by atoms with Crippen LogP contribution in [-0.2, 0) is 0 Å². The van der Waals surface area contributed by atoms with Gasteiger partial charge in [-0.25, -0.2) is 13.8 Å². The molecule has 0 aliphatic rings. The highest BCUT2D eigenvalue weighted by molar-refractivity contribution is 7.80. The molecule has 2 rings (SSSR count). The first-order valence-corrected chi connectivity index (χ1v) is 6.18. The molecule has 0 atom stereocenters. The van der Waals surface area contributed by atoms with Gasteiger partial charge < -0.3 is 11.1 Å². The number of rotatable bonds is 3. The molecule has 0 unspecified atom stereocenters. The molecule has 0 radical (unpaired) electrons. The second-order valence-corrected chi connectivity index (χ2v) is 5.23. The number of aryl methyl sites for hydroxylation is 1. The first-order valence-electron chi connectivity index (χ1n) is 4.96. The maximum Gasteiger partial charge on any atom is 0.187 e. The van der Waals surface area contributed by atoms with E-state index in [1.807, 2.05) is 6.92 Å². The summed E-state index contributed by atoms with van der Waals surface area (Å²) in [5.41, 5.74) is 5.18. The number of benzene rings is 1. The second kappa shape index (κ2) is 4.95. The van der Waals surface area contributed by atoms with E-state index in [1.54, 1.807) is 6.20 Å². The van der Waals surface area contributed by atoms with E-state index in [9.17, 15) is 8.78 Å². The molecule has 0 saturated heterocycles. The molecule has 0 spiro atoms. The number of nitrogens with one attached hydrogen (secondary N) is 1. The summed E-state index contributed by atoms with van der Waals surface area (Å²) < 4.78 is 27.4. The van der Waals surface area contributed by atoms with Crippen LogP contribution in [0.25, 0.3) is 0 Å². The molecule has 0 aliphatic heterocycles. The normalized spacial score (nSPS) is 10.4. The molecule has 3 nitrogen and oxygen atoms in total. The van der Waals surface area contributed by atoms with Gasteiger partial charge in [0.05, 0.1) is 5.69 Å². The predicted molar refractivity (Wildman–Crippen MR) is 72.4 cm³/mol. The lowest BCUT2D eigenvalue weighted by Crippen LogP contribution is -2.13. The van der Waals surface area contributed by atoms with Crippen molar-refractivity contribution < 1.29 is 8.78 Å². The molecular formula is C11H9F2N3S2. The van der Waals surface area contributed by atoms with Gasteiger partial charge in [-0.1, -0.05) is 12.2 Å². The Labute approximate surface area is 112 Å². The van der Waals surface area contributed by atoms with Crippen molar-refractivity contribution in [2.45, 2.75) is 6.92 Å². The van der Waals surface area contributed by atoms with E-state index in [1.165, 1.54) is 23.5 Å². The van der Waals surface area contributed by atoms with Crippen molar-refractivity contribution in [3.05, 3.63) is 40.4 Å². The largest absolute Gasteiger partial charge is 0.389 e. The van der Waals surface area contributed by atoms with Gasteiger partial charge in [0.15, 0.2) is 16.8 Å². The lowest BCUT2D eigenvalue weighted by molar-refractivity contribution is 0.510. The van der Waals surface area contributed by atoms with Gasteiger partial charge in [-0.15, -0.1) is 11.3 Å². The van der Waals surface area contributed by atoms with Gasteiger partial charge in [-0.3, -0.25) is 0 Å². The molecule has 18 heavy (non-hydrogen) atoms. The van der Waals surface area contributed by atoms with Crippen LogP contribution >= 0.6 is 23.6 Å². The highest BCUT2D eigenvalue weighted by Gasteiger charge is 2.15. The molecule has 94 valence electrons. The smallest absolute Gasteiger partial charge is 0.187 e. The lowest BCUT2D eigenvalue weighted by Gasteiger charge is -2.07. The van der Waals surface area contributed by atoms with Crippen LogP contribution in [0.3, 0.4) is 0 Å². The minimum absolute atomic E-state index is 0.00171. The summed E-state index contributed by atoms with van der Waals surface area (Å²) in [5.74, 6) is -2.08. The third-order valence-corrected chi connectivity index (χ3v) is 3.26. The monoisotopic (exact) mass is 285 g/mol. The SMILES string of the molecule is Cc1cnc(Nc2ccc(C(N)=S)c(F)c2F)s1. The minimum atomic E-state index is -1.05. The predicted octanol–water partition coefficient (Wildman–Crippen LogP) is 3.11. The third-order valence-electron chi connectivity index (χ3n) is 2.21. The topological polar surface area (TPSA) is 50.9 Å². The van der Waals surface area contributed by atoms with Crippen LogP contribution in [0.5, 0.6) is 0 Å². The molecule has 1 aromatic heterocycles. The van der Waals surface area contributed by atoms with Gasteiger partial charge in [0.2, 0.25) is 0 Å². The Morgan fingerprint density at radius 3 is 2.67 bits per heavy atom. The molecule has 7 heteroatoms. The fourth-order valence-electron chi connectivity index (χ4n) is 1.36. The summed E-state index contributed by atoms with van der Waals surface area (Å²) in [6.45, 7) is 1.87. The van der Waals surface area contributed by atoms with Gasteiger partial charge in [0, 0.05) is 16.6 Å². The second-order valence-electron chi connectivity index (χ2n) is 3.55. The highest BCUT2D eigenvalue weighted by atomic mass is 32.1. The maximum atomic E-state index is 13.7. The molecule has 3 N–H and O–H groups in total. The van der Waals surface area contributed by atoms with Crippen molar-refractivity contribution in [1.29, 1.82) is 0 Å². The Balaban J connectivity index is 2.35. The van der Waals surface area contributed by atoms with Crippen molar-refractivity contribution in [3.63, 3.8) is 0 Å². The summed E-state index contributed by atoms with van der Waals surface area (Å²) in [5, 5.41) is 3.20. The van der Waals surface area contributed by atoms with Crippen LogP contribution in [0.15, 0.2) is 18.3 Å². The van der Waals surface area contributed by atoms with Crippen molar-refractivity contribution in [3.8, 4) is 0 Å². The van der Waals surface area contributed by atoms with Gasteiger partial charge in [0.25, 0.3) is 0 Å². The number of hydrogen-bond acceptors (Lipinski definition) is 4. The summed E-state index contributed by atoms with van der Waals surface area (Å²) in [7, 11) is 0. The van der Waals surface area contributed by atoms with Crippen molar-refractivity contribution in [1.82, 2.24) is 4.98 Å². The Kier molecular flexibility index (Phi) is 3.53. The number of hydrogen-bond donors (Lipinski definition) is 2. The van der Waals surface area contributed by atoms with Crippen LogP contribution in [-0.4, -0.2) is 9.97 Å². The van der Waals surface area contributed by atoms with Crippen LogP contribution in [0, 0.1) is 18.6 Å². The molecular weight excluding hydrogens is 276 g/mol. The number of nitrogens with two attached hydrogens (primary N) is 1. The molecule has 0 aliphatic carbocycles. The zero-order valence-corrected chi connectivity index (χ0v) is 11.0. The van der Waals surface area contributed by atoms with Crippen LogP contribution in [0.1, 0.15) is 10.4 Å². The first kappa shape index (κ1) is 12.8. The average molecular weight is 285 g/mol. The number of aromatic nitrogens is 1. The van der Waals surface area contributed by atoms with Gasteiger partial charge in [-0.05, 0) is 19.1 Å². The zero-order chi connectivity index (χ0) is 13.3. The summed E-state index contributed by atoms with van der Waals surface area (Å²) in [6, 6.07) is 2.72. The molecule has 1 heterocycles. The van der Waals surface area contributed by atoms with E-state index < -0.39 is 11.6 Å². The Morgan fingerprint density at radius 2 is 2.11 bits per heavy atom. The minimum Gasteiger partial charge on any atom is -0.389 e. The fraction of sp³-hybridized carbons (Fsp3) is 0.0909. The van der Waals surface area contributed by atoms with E-state index >= 15 is 0 Å². The van der Waals surface area contributed by atoms with E-state index in [0.717, 1.165) is 4.88 Å². The molecule has 0 saturated carbocycles. The van der Waals surface area contributed by atoms with E-state index in [2.05, 4.69) is 22.5 Å². The molecule has 1 aromatic carbocycles. The maximum absolute atomic E-state index is 13.7. The summed E-state index contributed by atoms with van der Waals surface area (Å²) in [4.78, 5) is 4.80. The van der Waals surface area contributed by atoms with Crippen molar-refractivity contribution >= 4 is 39.4 Å². The number of thiocarbonyl (C=S) groups is 1. The molecule has 2 aromatic rings. The number of nitrogens with zero attached hydrogens (tertiary/aromatic N) is 1. The van der Waals surface area contributed by atoms with Crippen LogP contribution < -0.4 is 11.1 Å². The summed E-state index contributed by atoms with van der Waals surface area (Å²) >= 11 is 5.97. The molecule has 0 fully saturated rings. The van der Waals surface area contributed by atoms with Crippen LogP contribution in [0.4, 0.5) is 19.6 Å². The number of thiazole rings is 1. The van der Waals surface area contributed by atoms with E-state index in [4.69, 9.17) is 5.73 Å². The number of anilines is 2.